The minimum atomic E-state index is -1.37. The minimum Gasteiger partial charge on any atom is -0.545 e. The van der Waals surface area contributed by atoms with Crippen molar-refractivity contribution in [3.8, 4) is 5.75 Å². The van der Waals surface area contributed by atoms with Crippen LogP contribution in [0.3, 0.4) is 0 Å². The topological polar surface area (TPSA) is 60.4 Å². The number of benzene rings is 1. The van der Waals surface area contributed by atoms with E-state index in [-0.39, 0.29) is 62.7 Å². The Morgan fingerprint density at radius 3 is 2.71 bits per heavy atom. The molecule has 14 heavy (non-hydrogen) atoms. The van der Waals surface area contributed by atoms with Gasteiger partial charge in [0.05, 0.1) is 5.97 Å². The first-order valence-electron chi connectivity index (χ1n) is 3.80. The molecule has 1 aromatic rings. The molecule has 1 N–H and O–H groups in total. The first-order chi connectivity index (χ1) is 6.16. The number of carbonyl (C=O) groups excluding carboxylic acids is 1. The number of aromatic carboxylic acids is 1. The zero-order valence-electron chi connectivity index (χ0n) is 7.99. The summed E-state index contributed by atoms with van der Waals surface area (Å²) < 4.78 is 0. The Hall–Kier alpha value is -0.134. The van der Waals surface area contributed by atoms with Crippen molar-refractivity contribution < 1.29 is 66.4 Å². The summed E-state index contributed by atoms with van der Waals surface area (Å²) in [6, 6.07) is 4.50. The Labute approximate surface area is 125 Å². The van der Waals surface area contributed by atoms with E-state index in [0.717, 1.165) is 0 Å². The van der Waals surface area contributed by atoms with E-state index in [4.69, 9.17) is 0 Å². The van der Waals surface area contributed by atoms with Crippen LogP contribution in [0.1, 0.15) is 15.9 Å². The monoisotopic (exact) mass is 216 g/mol. The van der Waals surface area contributed by atoms with E-state index in [1.165, 1.54) is 6.07 Å². The molecule has 0 aliphatic carbocycles. The quantitative estimate of drug-likeness (QED) is 0.448. The van der Waals surface area contributed by atoms with E-state index in [1.54, 1.807) is 18.2 Å². The molecule has 68 valence electrons. The van der Waals surface area contributed by atoms with Crippen LogP contribution in [0.15, 0.2) is 30.9 Å². The summed E-state index contributed by atoms with van der Waals surface area (Å²) in [6.07, 6.45) is 2.03. The fourth-order valence-electron chi connectivity index (χ4n) is 1.08. The molecule has 0 heterocycles. The molecule has 0 atom stereocenters. The van der Waals surface area contributed by atoms with E-state index in [9.17, 15) is 15.0 Å². The second kappa shape index (κ2) is 6.37. The van der Waals surface area contributed by atoms with Crippen molar-refractivity contribution in [1.82, 2.24) is 0 Å². The van der Waals surface area contributed by atoms with Gasteiger partial charge in [0.2, 0.25) is 0 Å². The zero-order chi connectivity index (χ0) is 9.84. The first-order valence-corrected chi connectivity index (χ1v) is 3.80. The second-order valence-electron chi connectivity index (χ2n) is 2.59. The fraction of sp³-hybridized carbons (Fsp3) is 0.100. The van der Waals surface area contributed by atoms with Crippen LogP contribution >= 0.6 is 0 Å². The molecule has 0 saturated heterocycles. The van der Waals surface area contributed by atoms with Crippen molar-refractivity contribution in [2.45, 2.75) is 6.42 Å². The Bertz CT molecular complexity index is 347. The minimum absolute atomic E-state index is 0. The molecule has 0 aliphatic heterocycles. The standard InChI is InChI=1S/C10H10O3.K/c1-2-4-7-5-3-6-8(9(7)11)10(12)13;/h2-3,5-6,11H,1,4H2,(H,12,13);/q;+1/p-1. The number of rotatable bonds is 3. The van der Waals surface area contributed by atoms with Gasteiger partial charge in [-0.3, -0.25) is 0 Å². The molecule has 0 spiro atoms. The van der Waals surface area contributed by atoms with Crippen LogP contribution in [0.5, 0.6) is 5.75 Å². The zero-order valence-corrected chi connectivity index (χ0v) is 11.1. The van der Waals surface area contributed by atoms with Crippen LogP contribution < -0.4 is 56.5 Å². The van der Waals surface area contributed by atoms with E-state index < -0.39 is 5.97 Å². The third-order valence-corrected chi connectivity index (χ3v) is 1.70. The Morgan fingerprint density at radius 2 is 2.21 bits per heavy atom. The normalized spacial score (nSPS) is 8.86. The number of carboxylic acids is 1. The molecule has 0 radical (unpaired) electrons. The molecule has 0 saturated carbocycles. The molecule has 0 fully saturated rings. The summed E-state index contributed by atoms with van der Waals surface area (Å²) in [5, 5.41) is 19.9. The van der Waals surface area contributed by atoms with Crippen molar-refractivity contribution in [2.75, 3.05) is 0 Å². The van der Waals surface area contributed by atoms with Gasteiger partial charge in [-0.05, 0) is 18.1 Å². The maximum atomic E-state index is 10.5. The first kappa shape index (κ1) is 13.9. The van der Waals surface area contributed by atoms with Gasteiger partial charge in [-0.1, -0.05) is 18.2 Å². The number of allylic oxidation sites excluding steroid dienone is 1. The third kappa shape index (κ3) is 3.22. The van der Waals surface area contributed by atoms with Crippen LogP contribution in [0.2, 0.25) is 0 Å². The Balaban J connectivity index is 0.00000169. The summed E-state index contributed by atoms with van der Waals surface area (Å²) in [4.78, 5) is 10.5. The van der Waals surface area contributed by atoms with Gasteiger partial charge in [0.1, 0.15) is 5.75 Å². The predicted molar refractivity (Wildman–Crippen MR) is 46.3 cm³/mol. The molecule has 1 rings (SSSR count). The SMILES string of the molecule is C=CCc1cccc(C(=O)[O-])c1O.[K+]. The molecule has 4 heteroatoms. The van der Waals surface area contributed by atoms with E-state index in [1.807, 2.05) is 0 Å². The molecular weight excluding hydrogens is 207 g/mol. The number of para-hydroxylation sites is 1. The number of phenols is 1. The fourth-order valence-corrected chi connectivity index (χ4v) is 1.08. The van der Waals surface area contributed by atoms with Crippen molar-refractivity contribution in [3.05, 3.63) is 42.0 Å². The van der Waals surface area contributed by atoms with Gasteiger partial charge in [0.25, 0.3) is 0 Å². The molecule has 0 amide bonds. The van der Waals surface area contributed by atoms with Gasteiger partial charge in [0, 0.05) is 5.56 Å². The number of carboxylic acid groups (broad SMARTS) is 1. The maximum Gasteiger partial charge on any atom is 1.00 e. The molecule has 0 aliphatic rings. The summed E-state index contributed by atoms with van der Waals surface area (Å²) in [5.74, 6) is -1.61. The molecule has 3 nitrogen and oxygen atoms in total. The average Bonchev–Trinajstić information content (AvgIpc) is 2.08. The summed E-state index contributed by atoms with van der Waals surface area (Å²) in [7, 11) is 0. The number of hydrogen-bond donors (Lipinski definition) is 1. The molecule has 1 aromatic carbocycles. The third-order valence-electron chi connectivity index (χ3n) is 1.70. The smallest absolute Gasteiger partial charge is 0.545 e. The van der Waals surface area contributed by atoms with Crippen molar-refractivity contribution in [2.24, 2.45) is 0 Å². The van der Waals surface area contributed by atoms with Crippen LogP contribution in [-0.4, -0.2) is 11.1 Å². The van der Waals surface area contributed by atoms with Gasteiger partial charge in [-0.25, -0.2) is 0 Å². The van der Waals surface area contributed by atoms with Crippen molar-refractivity contribution >= 4 is 5.97 Å². The van der Waals surface area contributed by atoms with E-state index in [0.29, 0.717) is 12.0 Å². The largest absolute Gasteiger partial charge is 1.00 e. The van der Waals surface area contributed by atoms with Gasteiger partial charge in [-0.15, -0.1) is 6.58 Å². The van der Waals surface area contributed by atoms with Gasteiger partial charge in [0.15, 0.2) is 0 Å². The summed E-state index contributed by atoms with van der Waals surface area (Å²) in [6.45, 7) is 3.50. The molecule has 0 aromatic heterocycles. The van der Waals surface area contributed by atoms with Crippen LogP contribution in [0, 0.1) is 0 Å². The Kier molecular flexibility index (Phi) is 6.31. The molecular formula is C10H9KO3. The van der Waals surface area contributed by atoms with Gasteiger partial charge < -0.3 is 15.0 Å². The Morgan fingerprint density at radius 1 is 1.57 bits per heavy atom. The average molecular weight is 216 g/mol. The van der Waals surface area contributed by atoms with Crippen LogP contribution in [0.25, 0.3) is 0 Å². The van der Waals surface area contributed by atoms with E-state index in [2.05, 4.69) is 6.58 Å². The predicted octanol–water partition coefficient (Wildman–Crippen LogP) is -2.51. The number of aromatic hydroxyl groups is 1. The maximum absolute atomic E-state index is 10.5. The molecule has 0 unspecified atom stereocenters. The van der Waals surface area contributed by atoms with Gasteiger partial charge >= 0.3 is 51.4 Å². The van der Waals surface area contributed by atoms with Crippen molar-refractivity contribution in [3.63, 3.8) is 0 Å². The number of hydrogen-bond acceptors (Lipinski definition) is 3. The summed E-state index contributed by atoms with van der Waals surface area (Å²) in [5.41, 5.74) is 0.357. The van der Waals surface area contributed by atoms with Crippen LogP contribution in [-0.2, 0) is 6.42 Å². The molecule has 0 bridgehead atoms. The van der Waals surface area contributed by atoms with E-state index >= 15 is 0 Å². The van der Waals surface area contributed by atoms with Gasteiger partial charge in [-0.2, -0.15) is 0 Å². The summed E-state index contributed by atoms with van der Waals surface area (Å²) >= 11 is 0. The van der Waals surface area contributed by atoms with Crippen molar-refractivity contribution in [1.29, 1.82) is 0 Å². The second-order valence-corrected chi connectivity index (χ2v) is 2.59. The number of carbonyl (C=O) groups is 1. The van der Waals surface area contributed by atoms with Crippen LogP contribution in [0.4, 0.5) is 0 Å².